The lowest BCUT2D eigenvalue weighted by Gasteiger charge is -2.26. The molecule has 0 spiro atoms. The van der Waals surface area contributed by atoms with E-state index in [0.717, 1.165) is 51.0 Å². The molecule has 3 unspecified atom stereocenters. The number of carboxylic acid groups (broad SMARTS) is 1. The second-order valence-corrected chi connectivity index (χ2v) is 6.98. The first-order valence-electron chi connectivity index (χ1n) is 7.38. The fourth-order valence-corrected chi connectivity index (χ4v) is 4.39. The van der Waals surface area contributed by atoms with Crippen molar-refractivity contribution in [3.63, 3.8) is 0 Å². The highest BCUT2D eigenvalue weighted by molar-refractivity contribution is 7.99. The summed E-state index contributed by atoms with van der Waals surface area (Å²) in [5.74, 6) is 0.342. The van der Waals surface area contributed by atoms with E-state index in [1.54, 1.807) is 0 Å². The zero-order valence-electron chi connectivity index (χ0n) is 11.7. The molecule has 4 nitrogen and oxygen atoms in total. The first-order valence-corrected chi connectivity index (χ1v) is 8.43. The number of hydrogen-bond acceptors (Lipinski definition) is 4. The molecule has 3 atom stereocenters. The van der Waals surface area contributed by atoms with Crippen LogP contribution in [0.4, 0.5) is 0 Å². The number of carboxylic acids is 1. The number of ether oxygens (including phenoxy) is 1. The van der Waals surface area contributed by atoms with Gasteiger partial charge >= 0.3 is 5.97 Å². The van der Waals surface area contributed by atoms with Gasteiger partial charge in [0, 0.05) is 17.6 Å². The Bertz CT molecular complexity index is 307. The van der Waals surface area contributed by atoms with Gasteiger partial charge in [-0.2, -0.15) is 11.8 Å². The summed E-state index contributed by atoms with van der Waals surface area (Å²) in [4.78, 5) is 11.5. The molecule has 1 aliphatic carbocycles. The number of hydrogen-bond donors (Lipinski definition) is 2. The van der Waals surface area contributed by atoms with E-state index >= 15 is 0 Å². The zero-order chi connectivity index (χ0) is 13.7. The van der Waals surface area contributed by atoms with Gasteiger partial charge in [-0.15, -0.1) is 0 Å². The van der Waals surface area contributed by atoms with Crippen molar-refractivity contribution < 1.29 is 14.6 Å². The summed E-state index contributed by atoms with van der Waals surface area (Å²) in [6.07, 6.45) is 6.22. The second-order valence-electron chi connectivity index (χ2n) is 5.65. The summed E-state index contributed by atoms with van der Waals surface area (Å²) in [5.41, 5.74) is -0.676. The normalized spacial score (nSPS) is 34.8. The van der Waals surface area contributed by atoms with Crippen molar-refractivity contribution in [1.82, 2.24) is 5.32 Å². The molecule has 0 aromatic heterocycles. The van der Waals surface area contributed by atoms with Crippen molar-refractivity contribution in [1.29, 1.82) is 0 Å². The maximum Gasteiger partial charge on any atom is 0.323 e. The summed E-state index contributed by atoms with van der Waals surface area (Å²) in [5, 5.41) is 13.2. The molecule has 5 heteroatoms. The van der Waals surface area contributed by atoms with Gasteiger partial charge < -0.3 is 15.2 Å². The van der Waals surface area contributed by atoms with Gasteiger partial charge in [0.15, 0.2) is 0 Å². The molecule has 19 heavy (non-hydrogen) atoms. The molecule has 0 bridgehead atoms. The van der Waals surface area contributed by atoms with E-state index in [-0.39, 0.29) is 0 Å². The lowest BCUT2D eigenvalue weighted by molar-refractivity contribution is -0.144. The Hall–Kier alpha value is -0.260. The van der Waals surface area contributed by atoms with Crippen LogP contribution in [-0.4, -0.2) is 46.9 Å². The molecule has 0 aromatic carbocycles. The summed E-state index contributed by atoms with van der Waals surface area (Å²) < 4.78 is 5.62. The molecule has 0 radical (unpaired) electrons. The molecule has 2 fully saturated rings. The Morgan fingerprint density at radius 3 is 3.00 bits per heavy atom. The molecule has 2 aliphatic rings. The molecule has 0 aromatic rings. The smallest absolute Gasteiger partial charge is 0.323 e. The van der Waals surface area contributed by atoms with Gasteiger partial charge in [0.25, 0.3) is 0 Å². The van der Waals surface area contributed by atoms with Crippen LogP contribution in [0.15, 0.2) is 0 Å². The summed E-state index contributed by atoms with van der Waals surface area (Å²) in [6.45, 7) is 3.75. The number of rotatable bonds is 7. The molecule has 1 aliphatic heterocycles. The van der Waals surface area contributed by atoms with E-state index in [2.05, 4.69) is 12.2 Å². The van der Waals surface area contributed by atoms with Crippen molar-refractivity contribution in [2.75, 3.05) is 18.9 Å². The van der Waals surface area contributed by atoms with Gasteiger partial charge in [-0.3, -0.25) is 4.79 Å². The maximum absolute atomic E-state index is 11.5. The predicted molar refractivity (Wildman–Crippen MR) is 77.7 cm³/mol. The molecule has 110 valence electrons. The Balaban J connectivity index is 1.80. The predicted octanol–water partition coefficient (Wildman–Crippen LogP) is 2.27. The quantitative estimate of drug-likeness (QED) is 0.752. The molecule has 1 heterocycles. The second kappa shape index (κ2) is 6.95. The molecule has 0 amide bonds. The molecule has 1 saturated heterocycles. The van der Waals surface area contributed by atoms with Gasteiger partial charge in [-0.25, -0.2) is 0 Å². The van der Waals surface area contributed by atoms with Gasteiger partial charge in [0.05, 0.1) is 6.10 Å². The fourth-order valence-electron chi connectivity index (χ4n) is 2.96. The van der Waals surface area contributed by atoms with Gasteiger partial charge in [-0.1, -0.05) is 6.92 Å². The average molecular weight is 287 g/mol. The molecule has 2 rings (SSSR count). The zero-order valence-corrected chi connectivity index (χ0v) is 12.5. The van der Waals surface area contributed by atoms with Crippen LogP contribution in [0.3, 0.4) is 0 Å². The highest BCUT2D eigenvalue weighted by Gasteiger charge is 2.45. The first kappa shape index (κ1) is 15.1. The largest absolute Gasteiger partial charge is 0.480 e. The number of carbonyl (C=O) groups is 1. The summed E-state index contributed by atoms with van der Waals surface area (Å²) in [6, 6.07) is 0. The minimum Gasteiger partial charge on any atom is -0.480 e. The standard InChI is InChI=1S/C14H25NO3S/c1-2-7-15-14(13(16)17)6-5-12(9-14)19-10-11-4-3-8-18-11/h11-12,15H,2-10H2,1H3,(H,16,17). The van der Waals surface area contributed by atoms with Crippen molar-refractivity contribution >= 4 is 17.7 Å². The topological polar surface area (TPSA) is 58.6 Å². The number of thioether (sulfide) groups is 1. The van der Waals surface area contributed by atoms with E-state index in [9.17, 15) is 9.90 Å². The minimum absolute atomic E-state index is 0.397. The summed E-state index contributed by atoms with van der Waals surface area (Å²) >= 11 is 1.91. The van der Waals surface area contributed by atoms with Crippen LogP contribution in [0, 0.1) is 0 Å². The van der Waals surface area contributed by atoms with Crippen molar-refractivity contribution in [2.24, 2.45) is 0 Å². The van der Waals surface area contributed by atoms with Gasteiger partial charge in [0.2, 0.25) is 0 Å². The van der Waals surface area contributed by atoms with E-state index in [1.165, 1.54) is 6.42 Å². The first-order chi connectivity index (χ1) is 9.16. The third-order valence-corrected chi connectivity index (χ3v) is 5.57. The fraction of sp³-hybridized carbons (Fsp3) is 0.929. The van der Waals surface area contributed by atoms with Crippen LogP contribution in [-0.2, 0) is 9.53 Å². The van der Waals surface area contributed by atoms with Gasteiger partial charge in [-0.05, 0) is 45.1 Å². The lowest BCUT2D eigenvalue weighted by atomic mass is 9.98. The highest BCUT2D eigenvalue weighted by atomic mass is 32.2. The number of nitrogens with one attached hydrogen (secondary N) is 1. The Kier molecular flexibility index (Phi) is 5.54. The van der Waals surface area contributed by atoms with Crippen LogP contribution in [0.5, 0.6) is 0 Å². The van der Waals surface area contributed by atoms with Crippen LogP contribution in [0.1, 0.15) is 45.4 Å². The van der Waals surface area contributed by atoms with Crippen LogP contribution in [0.2, 0.25) is 0 Å². The van der Waals surface area contributed by atoms with E-state index in [4.69, 9.17) is 4.74 Å². The Morgan fingerprint density at radius 1 is 1.53 bits per heavy atom. The molecular weight excluding hydrogens is 262 g/mol. The summed E-state index contributed by atoms with van der Waals surface area (Å²) in [7, 11) is 0. The van der Waals surface area contributed by atoms with Crippen LogP contribution in [0.25, 0.3) is 0 Å². The Morgan fingerprint density at radius 2 is 2.37 bits per heavy atom. The molecule has 2 N–H and O–H groups in total. The Labute approximate surface area is 119 Å². The minimum atomic E-state index is -0.679. The maximum atomic E-state index is 11.5. The highest BCUT2D eigenvalue weighted by Crippen LogP contribution is 2.38. The van der Waals surface area contributed by atoms with Crippen molar-refractivity contribution in [3.8, 4) is 0 Å². The number of aliphatic carboxylic acids is 1. The van der Waals surface area contributed by atoms with Gasteiger partial charge in [0.1, 0.15) is 5.54 Å². The average Bonchev–Trinajstić information content (AvgIpc) is 3.04. The third kappa shape index (κ3) is 3.86. The lowest BCUT2D eigenvalue weighted by Crippen LogP contribution is -2.50. The third-order valence-electron chi connectivity index (χ3n) is 4.13. The molecule has 1 saturated carbocycles. The molecular formula is C14H25NO3S. The SMILES string of the molecule is CCCNC1(C(=O)O)CCC(SCC2CCCO2)C1. The van der Waals surface area contributed by atoms with E-state index in [1.807, 2.05) is 11.8 Å². The van der Waals surface area contributed by atoms with Crippen LogP contribution >= 0.6 is 11.8 Å². The van der Waals surface area contributed by atoms with Crippen molar-refractivity contribution in [3.05, 3.63) is 0 Å². The van der Waals surface area contributed by atoms with E-state index in [0.29, 0.717) is 11.4 Å². The van der Waals surface area contributed by atoms with Crippen LogP contribution < -0.4 is 5.32 Å². The van der Waals surface area contributed by atoms with Crippen molar-refractivity contribution in [2.45, 2.75) is 62.3 Å². The van der Waals surface area contributed by atoms with E-state index < -0.39 is 11.5 Å². The monoisotopic (exact) mass is 287 g/mol.